The molecule has 0 aliphatic heterocycles. The number of rotatable bonds is 11. The fourth-order valence-corrected chi connectivity index (χ4v) is 10.7. The minimum atomic E-state index is -2.12. The van der Waals surface area contributed by atoms with Gasteiger partial charge < -0.3 is 14.2 Å². The number of amides is 1. The normalized spacial score (nSPS) is 23.5. The van der Waals surface area contributed by atoms with Gasteiger partial charge in [0, 0.05) is 59.5 Å². The van der Waals surface area contributed by atoms with Crippen LogP contribution < -0.4 is 5.48 Å². The summed E-state index contributed by atoms with van der Waals surface area (Å²) < 4.78 is 48.3. The van der Waals surface area contributed by atoms with Gasteiger partial charge in [-0.1, -0.05) is 203 Å². The van der Waals surface area contributed by atoms with Gasteiger partial charge >= 0.3 is 17.9 Å². The van der Waals surface area contributed by atoms with Crippen molar-refractivity contribution in [3.05, 3.63) is 251 Å². The number of hydrogen-bond donors (Lipinski definition) is 2. The first kappa shape index (κ1) is 56.6. The lowest BCUT2D eigenvalue weighted by atomic mass is 10.0. The van der Waals surface area contributed by atoms with Gasteiger partial charge in [0.15, 0.2) is 0 Å². The van der Waals surface area contributed by atoms with Gasteiger partial charge in [0.1, 0.15) is 0 Å². The molecule has 3 fully saturated rings. The van der Waals surface area contributed by atoms with Gasteiger partial charge in [0.2, 0.25) is 11.3 Å². The number of carbonyl (C=O) groups excluding carboxylic acids is 4. The van der Waals surface area contributed by atoms with E-state index >= 15 is 8.78 Å². The summed E-state index contributed by atoms with van der Waals surface area (Å²) in [7, 11) is 4.04. The molecule has 3 saturated carbocycles. The van der Waals surface area contributed by atoms with E-state index in [-0.39, 0.29) is 29.7 Å². The summed E-state index contributed by atoms with van der Waals surface area (Å²) in [6.45, 7) is 0. The molecule has 9 atom stereocenters. The summed E-state index contributed by atoms with van der Waals surface area (Å²) in [4.78, 5) is 46.4. The van der Waals surface area contributed by atoms with E-state index in [2.05, 4.69) is 97.5 Å². The summed E-state index contributed by atoms with van der Waals surface area (Å²) in [6.07, 6.45) is 3.10. The van der Waals surface area contributed by atoms with Crippen LogP contribution in [0, 0.1) is 5.92 Å². The van der Waals surface area contributed by atoms with Crippen molar-refractivity contribution in [2.45, 2.75) is 46.8 Å². The fraction of sp³-hybridized carbons (Fsp3) is 0.200. The van der Waals surface area contributed by atoms with Gasteiger partial charge in [-0.3, -0.25) is 14.8 Å². The first-order valence-electron chi connectivity index (χ1n) is 23.5. The van der Waals surface area contributed by atoms with Crippen LogP contribution in [0.15, 0.2) is 212 Å². The second-order valence-electron chi connectivity index (χ2n) is 17.8. The number of esters is 3. The first-order valence-corrected chi connectivity index (χ1v) is 26.7. The number of alkyl halides is 2. The molecule has 9 nitrogen and oxygen atoms in total. The average molecular weight is 1270 g/mol. The van der Waals surface area contributed by atoms with Crippen LogP contribution in [0.5, 0.6) is 0 Å². The van der Waals surface area contributed by atoms with Gasteiger partial charge in [-0.15, -0.1) is 0 Å². The molecular weight excluding hydrogens is 1220 g/mol. The predicted octanol–water partition coefficient (Wildman–Crippen LogP) is 14.5. The van der Waals surface area contributed by atoms with Crippen LogP contribution >= 0.6 is 63.7 Å². The molecule has 15 heteroatoms. The van der Waals surface area contributed by atoms with Crippen molar-refractivity contribution in [2.75, 3.05) is 21.3 Å². The summed E-state index contributed by atoms with van der Waals surface area (Å²) >= 11 is 13.5. The van der Waals surface area contributed by atoms with E-state index in [0.717, 1.165) is 45.7 Å². The number of halogens is 6. The highest BCUT2D eigenvalue weighted by atomic mass is 79.9. The quantitative estimate of drug-likeness (QED) is 0.0431. The van der Waals surface area contributed by atoms with Crippen molar-refractivity contribution in [3.63, 3.8) is 0 Å². The molecule has 3 aliphatic rings. The van der Waals surface area contributed by atoms with Crippen molar-refractivity contribution in [2.24, 2.45) is 5.92 Å². The molecule has 0 saturated heterocycles. The maximum atomic E-state index is 15.2. The van der Waals surface area contributed by atoms with E-state index in [0.29, 0.717) is 0 Å². The lowest BCUT2D eigenvalue weighted by molar-refractivity contribution is -0.148. The Bertz CT molecular complexity index is 2950. The van der Waals surface area contributed by atoms with E-state index in [9.17, 15) is 19.2 Å². The van der Waals surface area contributed by atoms with Crippen LogP contribution in [-0.4, -0.2) is 61.7 Å². The van der Waals surface area contributed by atoms with Crippen LogP contribution in [0.2, 0.25) is 0 Å². The van der Waals surface area contributed by atoms with Crippen molar-refractivity contribution in [3.8, 4) is 0 Å². The van der Waals surface area contributed by atoms with Crippen LogP contribution in [-0.2, 0) is 33.4 Å². The Morgan fingerprint density at radius 3 is 1.16 bits per heavy atom. The monoisotopic (exact) mass is 1270 g/mol. The Balaban J connectivity index is 0.000000148. The van der Waals surface area contributed by atoms with Crippen molar-refractivity contribution in [1.82, 2.24) is 5.48 Å². The fourth-order valence-electron chi connectivity index (χ4n) is 9.63. The van der Waals surface area contributed by atoms with Crippen LogP contribution in [0.25, 0.3) is 6.08 Å². The Kier molecular flexibility index (Phi) is 19.3. The Morgan fingerprint density at radius 2 is 0.800 bits per heavy atom. The number of hydroxylamine groups is 1. The number of methoxy groups -OCH3 is 3. The molecule has 0 unspecified atom stereocenters. The van der Waals surface area contributed by atoms with Gasteiger partial charge in [0.25, 0.3) is 5.91 Å². The average Bonchev–Trinajstić information content (AvgIpc) is 4.41. The number of nitrogens with one attached hydrogen (secondary N) is 1. The third-order valence-electron chi connectivity index (χ3n) is 13.4. The Morgan fingerprint density at radius 1 is 0.467 bits per heavy atom. The maximum Gasteiger partial charge on any atom is 0.344 e. The lowest BCUT2D eigenvalue weighted by Gasteiger charge is -2.05. The van der Waals surface area contributed by atoms with Gasteiger partial charge in [-0.2, -0.15) is 0 Å². The first-order chi connectivity index (χ1) is 36.1. The number of carbonyl (C=O) groups is 4. The molecule has 0 aromatic heterocycles. The highest BCUT2D eigenvalue weighted by Gasteiger charge is 2.74. The number of ether oxygens (including phenoxy) is 3. The Labute approximate surface area is 468 Å². The van der Waals surface area contributed by atoms with Crippen molar-refractivity contribution in [1.29, 1.82) is 0 Å². The highest BCUT2D eigenvalue weighted by Crippen LogP contribution is 2.67. The molecule has 0 spiro atoms. The van der Waals surface area contributed by atoms with E-state index < -0.39 is 46.9 Å². The minimum Gasteiger partial charge on any atom is -0.469 e. The van der Waals surface area contributed by atoms with Crippen LogP contribution in [0.3, 0.4) is 0 Å². The minimum absolute atomic E-state index is 0.0661. The third kappa shape index (κ3) is 13.3. The second kappa shape index (κ2) is 25.6. The molecule has 0 bridgehead atoms. The lowest BCUT2D eigenvalue weighted by Crippen LogP contribution is -2.33. The van der Waals surface area contributed by atoms with E-state index in [1.807, 2.05) is 140 Å². The maximum absolute atomic E-state index is 15.2. The topological polar surface area (TPSA) is 128 Å². The molecule has 386 valence electrons. The van der Waals surface area contributed by atoms with E-state index in [1.165, 1.54) is 44.0 Å². The largest absolute Gasteiger partial charge is 0.469 e. The van der Waals surface area contributed by atoms with Crippen molar-refractivity contribution < 1.29 is 47.4 Å². The van der Waals surface area contributed by atoms with Crippen LogP contribution in [0.4, 0.5) is 8.78 Å². The number of benzene rings is 7. The molecule has 75 heavy (non-hydrogen) atoms. The standard InChI is InChI=1S/C17H14BrFO2.C17H15BrO2.C16H13BrFNO2.C10H9BrO2/c1-21-16(20)17(19)14(11-5-3-2-4-6-11)15(17)12-7-9-13(18)10-8-12;1-20-17(19)16-14(11-5-3-2-4-6-11)15(16)12-7-9-13(18)10-8-12;17-12-8-6-11(7-9-12)14-13(10-4-2-1-3-5-10)16(14,18)15(20)19-21;1-13-10(12)7-4-8-2-5-9(11)6-3-8/h2-10,14-15H,1H3;2-10,14-16H,1H3;1-9,13-14,21H,(H,19,20);2-7H,1H3/b;;;7-4+/t14-,15-,17+;14-,15-,16-;13-,14-,16+;/m111./s1. The van der Waals surface area contributed by atoms with Crippen molar-refractivity contribution >= 4 is 93.6 Å². The zero-order valence-corrected chi connectivity index (χ0v) is 47.0. The molecule has 0 heterocycles. The molecular formula is C60H51Br4F2NO8. The zero-order chi connectivity index (χ0) is 53.9. The molecule has 1 amide bonds. The molecule has 7 aromatic carbocycles. The molecule has 2 N–H and O–H groups in total. The Hall–Kier alpha value is -6.10. The molecule has 3 aliphatic carbocycles. The smallest absolute Gasteiger partial charge is 0.344 e. The summed E-state index contributed by atoms with van der Waals surface area (Å²) in [5.74, 6) is -4.06. The van der Waals surface area contributed by atoms with E-state index in [1.54, 1.807) is 30.3 Å². The molecule has 7 aromatic rings. The molecule has 0 radical (unpaired) electrons. The van der Waals surface area contributed by atoms with Gasteiger partial charge in [-0.25, -0.2) is 23.9 Å². The van der Waals surface area contributed by atoms with Gasteiger partial charge in [0.05, 0.1) is 27.2 Å². The summed E-state index contributed by atoms with van der Waals surface area (Å²) in [6, 6.07) is 58.9. The summed E-state index contributed by atoms with van der Waals surface area (Å²) in [5.41, 5.74) is 3.82. The number of hydrogen-bond acceptors (Lipinski definition) is 8. The zero-order valence-electron chi connectivity index (χ0n) is 40.7. The van der Waals surface area contributed by atoms with E-state index in [4.69, 9.17) is 9.94 Å². The van der Waals surface area contributed by atoms with Crippen LogP contribution in [0.1, 0.15) is 74.5 Å². The second-order valence-corrected chi connectivity index (χ2v) is 21.4. The third-order valence-corrected chi connectivity index (χ3v) is 15.5. The highest BCUT2D eigenvalue weighted by molar-refractivity contribution is 9.11. The summed E-state index contributed by atoms with van der Waals surface area (Å²) in [5, 5.41) is 8.84. The van der Waals surface area contributed by atoms with Gasteiger partial charge in [-0.05, 0) is 93.6 Å². The SMILES string of the molecule is COC(=O)/C=C/c1ccc(Br)cc1.COC(=O)[C@@H]1[C@H](c2ccccc2)[C@H]1c1ccc(Br)cc1.COC(=O)[C@]1(F)[C@H](c2ccccc2)[C@H]1c1ccc(Br)cc1.O=C(NO)[C@]1(F)[C@H](c2ccccc2)[C@H]1c1ccc(Br)cc1. The molecule has 10 rings (SSSR count). The predicted molar refractivity (Wildman–Crippen MR) is 299 cm³/mol.